The largest absolute Gasteiger partial charge is 0.316 e. The Balaban J connectivity index is 1.61. The molecule has 29 heavy (non-hydrogen) atoms. The van der Waals surface area contributed by atoms with Crippen molar-refractivity contribution < 1.29 is 9.59 Å². The lowest BCUT2D eigenvalue weighted by Gasteiger charge is -2.04. The van der Waals surface area contributed by atoms with Gasteiger partial charge in [0.2, 0.25) is 5.91 Å². The first kappa shape index (κ1) is 18.4. The number of hydrogen-bond acceptors (Lipinski definition) is 7. The van der Waals surface area contributed by atoms with E-state index in [0.29, 0.717) is 21.6 Å². The van der Waals surface area contributed by atoms with Crippen molar-refractivity contribution in [2.24, 2.45) is 0 Å². The Morgan fingerprint density at radius 1 is 0.931 bits per heavy atom. The maximum atomic E-state index is 12.7. The van der Waals surface area contributed by atoms with Crippen molar-refractivity contribution in [3.63, 3.8) is 0 Å². The molecule has 0 atom stereocenters. The van der Waals surface area contributed by atoms with Gasteiger partial charge in [0.1, 0.15) is 34.9 Å². The molecule has 0 spiro atoms. The Morgan fingerprint density at radius 2 is 1.69 bits per heavy atom. The normalized spacial score (nSPS) is 10.5. The Bertz CT molecular complexity index is 1160. The summed E-state index contributed by atoms with van der Waals surface area (Å²) in [4.78, 5) is 33.1. The number of aromatic nitrogens is 5. The van der Waals surface area contributed by atoms with Gasteiger partial charge in [0, 0.05) is 12.5 Å². The van der Waals surface area contributed by atoms with Gasteiger partial charge in [0.25, 0.3) is 5.91 Å². The van der Waals surface area contributed by atoms with Crippen LogP contribution >= 0.6 is 11.3 Å². The van der Waals surface area contributed by atoms with E-state index in [1.165, 1.54) is 30.9 Å². The molecule has 0 fully saturated rings. The van der Waals surface area contributed by atoms with E-state index in [1.807, 2.05) is 30.3 Å². The highest BCUT2D eigenvalue weighted by Crippen LogP contribution is 2.36. The number of pyridine rings is 1. The molecule has 3 heterocycles. The molecule has 10 heteroatoms. The van der Waals surface area contributed by atoms with Crippen molar-refractivity contribution in [2.45, 2.75) is 6.92 Å². The number of nitrogens with one attached hydrogen (secondary N) is 2. The van der Waals surface area contributed by atoms with Crippen LogP contribution in [-0.4, -0.2) is 36.5 Å². The van der Waals surface area contributed by atoms with Crippen molar-refractivity contribution in [1.29, 1.82) is 0 Å². The topological polar surface area (TPSA) is 115 Å². The molecule has 0 aliphatic heterocycles. The molecule has 2 amide bonds. The molecule has 9 nitrogen and oxygen atoms in total. The van der Waals surface area contributed by atoms with Gasteiger partial charge in [0.15, 0.2) is 5.13 Å². The van der Waals surface area contributed by atoms with Gasteiger partial charge in [-0.15, -0.1) is 10.2 Å². The van der Waals surface area contributed by atoms with E-state index in [-0.39, 0.29) is 11.6 Å². The summed E-state index contributed by atoms with van der Waals surface area (Å²) in [6.07, 6.45) is 2.99. The highest BCUT2D eigenvalue weighted by atomic mass is 32.1. The maximum absolute atomic E-state index is 12.7. The monoisotopic (exact) mass is 405 g/mol. The van der Waals surface area contributed by atoms with Crippen LogP contribution in [0.2, 0.25) is 0 Å². The molecule has 0 radical (unpaired) electrons. The summed E-state index contributed by atoms with van der Waals surface area (Å²) in [5, 5.41) is 13.9. The minimum atomic E-state index is -0.414. The summed E-state index contributed by atoms with van der Waals surface area (Å²) in [6.45, 7) is 1.42. The fourth-order valence-corrected chi connectivity index (χ4v) is 3.51. The molecule has 0 aliphatic carbocycles. The molecular weight excluding hydrogens is 390 g/mol. The third-order valence-electron chi connectivity index (χ3n) is 3.83. The minimum Gasteiger partial charge on any atom is -0.316 e. The van der Waals surface area contributed by atoms with Crippen LogP contribution in [0.4, 0.5) is 10.1 Å². The molecule has 0 unspecified atom stereocenters. The van der Waals surface area contributed by atoms with E-state index in [2.05, 4.69) is 30.8 Å². The first-order valence-corrected chi connectivity index (χ1v) is 9.39. The summed E-state index contributed by atoms with van der Waals surface area (Å²) in [6, 6.07) is 14.5. The van der Waals surface area contributed by atoms with Gasteiger partial charge < -0.3 is 5.32 Å². The Labute approximate surface area is 169 Å². The van der Waals surface area contributed by atoms with Crippen LogP contribution in [0.3, 0.4) is 0 Å². The number of benzene rings is 1. The molecule has 144 valence electrons. The van der Waals surface area contributed by atoms with Crippen molar-refractivity contribution in [3.05, 3.63) is 66.9 Å². The second kappa shape index (κ2) is 7.98. The van der Waals surface area contributed by atoms with Crippen LogP contribution in [0.1, 0.15) is 17.4 Å². The lowest BCUT2D eigenvalue weighted by atomic mass is 10.2. The lowest BCUT2D eigenvalue weighted by Crippen LogP contribution is -2.14. The summed E-state index contributed by atoms with van der Waals surface area (Å²) in [5.74, 6) is -0.111. The van der Waals surface area contributed by atoms with Crippen LogP contribution in [0.5, 0.6) is 0 Å². The number of rotatable bonds is 5. The van der Waals surface area contributed by atoms with Gasteiger partial charge in [-0.2, -0.15) is 0 Å². The molecule has 4 rings (SSSR count). The molecule has 1 aromatic carbocycles. The molecule has 0 saturated carbocycles. The zero-order chi connectivity index (χ0) is 20.2. The molecule has 0 saturated heterocycles. The summed E-state index contributed by atoms with van der Waals surface area (Å²) in [5.41, 5.74) is 1.64. The molecule has 0 bridgehead atoms. The standard InChI is InChI=1S/C19H15N7O2S/c1-12(27)22-18-16(13-6-3-2-4-7-13)24-19(29-18)25-17(28)14-8-5-9-15(23-14)26-10-20-21-11-26/h2-11H,1H3,(H,22,27)(H,24,25,28). The van der Waals surface area contributed by atoms with Gasteiger partial charge in [-0.3, -0.25) is 19.5 Å². The summed E-state index contributed by atoms with van der Waals surface area (Å²) < 4.78 is 1.60. The third-order valence-corrected chi connectivity index (χ3v) is 4.72. The first-order chi connectivity index (χ1) is 14.1. The fraction of sp³-hybridized carbons (Fsp3) is 0.0526. The number of carbonyl (C=O) groups is 2. The fourth-order valence-electron chi connectivity index (χ4n) is 2.58. The number of amides is 2. The predicted octanol–water partition coefficient (Wildman–Crippen LogP) is 3.00. The average molecular weight is 405 g/mol. The molecule has 0 aliphatic rings. The van der Waals surface area contributed by atoms with Gasteiger partial charge in [0.05, 0.1) is 0 Å². The highest BCUT2D eigenvalue weighted by Gasteiger charge is 2.17. The van der Waals surface area contributed by atoms with E-state index < -0.39 is 5.91 Å². The average Bonchev–Trinajstić information content (AvgIpc) is 3.39. The third kappa shape index (κ3) is 4.17. The van der Waals surface area contributed by atoms with Crippen molar-refractivity contribution in [3.8, 4) is 17.1 Å². The molecule has 3 aromatic heterocycles. The van der Waals surface area contributed by atoms with E-state index >= 15 is 0 Å². The van der Waals surface area contributed by atoms with Crippen molar-refractivity contribution >= 4 is 33.3 Å². The van der Waals surface area contributed by atoms with E-state index in [9.17, 15) is 9.59 Å². The summed E-state index contributed by atoms with van der Waals surface area (Å²) in [7, 11) is 0. The van der Waals surface area contributed by atoms with Crippen LogP contribution in [-0.2, 0) is 4.79 Å². The first-order valence-electron chi connectivity index (χ1n) is 8.57. The second-order valence-corrected chi connectivity index (χ2v) is 6.95. The Kier molecular flexibility index (Phi) is 5.08. The van der Waals surface area contributed by atoms with Gasteiger partial charge >= 0.3 is 0 Å². The smallest absolute Gasteiger partial charge is 0.276 e. The zero-order valence-electron chi connectivity index (χ0n) is 15.2. The van der Waals surface area contributed by atoms with Gasteiger partial charge in [-0.05, 0) is 12.1 Å². The SMILES string of the molecule is CC(=O)Nc1sc(NC(=O)c2cccc(-n3cnnc3)n2)nc1-c1ccccc1. The molecule has 4 aromatic rings. The molecular formula is C19H15N7O2S. The van der Waals surface area contributed by atoms with Gasteiger partial charge in [-0.25, -0.2) is 9.97 Å². The molecule has 2 N–H and O–H groups in total. The number of nitrogens with zero attached hydrogens (tertiary/aromatic N) is 5. The maximum Gasteiger partial charge on any atom is 0.276 e. The minimum absolute atomic E-state index is 0.216. The zero-order valence-corrected chi connectivity index (χ0v) is 16.1. The van der Waals surface area contributed by atoms with E-state index in [4.69, 9.17) is 0 Å². The van der Waals surface area contributed by atoms with Crippen molar-refractivity contribution in [2.75, 3.05) is 10.6 Å². The predicted molar refractivity (Wildman–Crippen MR) is 109 cm³/mol. The number of anilines is 2. The summed E-state index contributed by atoms with van der Waals surface area (Å²) >= 11 is 1.18. The second-order valence-electron chi connectivity index (χ2n) is 5.95. The quantitative estimate of drug-likeness (QED) is 0.527. The number of hydrogen-bond donors (Lipinski definition) is 2. The van der Waals surface area contributed by atoms with E-state index in [0.717, 1.165) is 5.56 Å². The Morgan fingerprint density at radius 3 is 2.41 bits per heavy atom. The number of carbonyl (C=O) groups excluding carboxylic acids is 2. The van der Waals surface area contributed by atoms with Gasteiger partial charge in [-0.1, -0.05) is 47.7 Å². The van der Waals surface area contributed by atoms with Crippen LogP contribution in [0, 0.1) is 0 Å². The van der Waals surface area contributed by atoms with Crippen molar-refractivity contribution in [1.82, 2.24) is 24.7 Å². The lowest BCUT2D eigenvalue weighted by molar-refractivity contribution is -0.114. The van der Waals surface area contributed by atoms with Crippen LogP contribution in [0.15, 0.2) is 61.2 Å². The van der Waals surface area contributed by atoms with Crippen LogP contribution in [0.25, 0.3) is 17.1 Å². The Hall–Kier alpha value is -3.92. The number of thiazole rings is 1. The highest BCUT2D eigenvalue weighted by molar-refractivity contribution is 7.20. The van der Waals surface area contributed by atoms with Crippen LogP contribution < -0.4 is 10.6 Å². The van der Waals surface area contributed by atoms with E-state index in [1.54, 1.807) is 22.8 Å².